The lowest BCUT2D eigenvalue weighted by atomic mass is 9.58. The minimum Gasteiger partial charge on any atom is -0.478 e. The van der Waals surface area contributed by atoms with Crippen molar-refractivity contribution in [3.8, 4) is 0 Å². The van der Waals surface area contributed by atoms with E-state index in [9.17, 15) is 14.7 Å². The molecule has 0 fully saturated rings. The summed E-state index contributed by atoms with van der Waals surface area (Å²) in [5.41, 5.74) is 3.59. The number of fused-ring (bicyclic) bond motifs is 2. The van der Waals surface area contributed by atoms with Crippen molar-refractivity contribution < 1.29 is 14.7 Å². The minimum atomic E-state index is -0.913. The molecule has 0 radical (unpaired) electrons. The third-order valence-electron chi connectivity index (χ3n) is 7.18. The first-order valence-electron chi connectivity index (χ1n) is 11.2. The lowest BCUT2D eigenvalue weighted by Gasteiger charge is -2.50. The number of allylic oxidation sites excluding steroid dienone is 2. The number of aromatic carboxylic acids is 1. The van der Waals surface area contributed by atoms with Crippen molar-refractivity contribution in [2.45, 2.75) is 27.2 Å². The molecular weight excluding hydrogens is 430 g/mol. The van der Waals surface area contributed by atoms with Crippen LogP contribution in [-0.4, -0.2) is 35.0 Å². The number of rotatable bonds is 3. The van der Waals surface area contributed by atoms with E-state index >= 15 is 0 Å². The lowest BCUT2D eigenvalue weighted by molar-refractivity contribution is 0.0682. The number of carboxylic acid groups (broad SMARTS) is 1. The van der Waals surface area contributed by atoms with E-state index in [0.717, 1.165) is 26.9 Å². The van der Waals surface area contributed by atoms with Crippen LogP contribution in [0, 0.1) is 10.8 Å². The van der Waals surface area contributed by atoms with Gasteiger partial charge in [-0.3, -0.25) is 4.79 Å². The molecule has 33 heavy (non-hydrogen) atoms. The van der Waals surface area contributed by atoms with E-state index in [-0.39, 0.29) is 16.7 Å². The number of carboxylic acids is 1. The Balaban J connectivity index is 1.43. The van der Waals surface area contributed by atoms with E-state index in [2.05, 4.69) is 45.1 Å². The predicted molar refractivity (Wildman–Crippen MR) is 134 cm³/mol. The molecule has 2 heterocycles. The Morgan fingerprint density at radius 3 is 2.42 bits per heavy atom. The average molecular weight is 458 g/mol. The van der Waals surface area contributed by atoms with Crippen LogP contribution in [0.3, 0.4) is 0 Å². The zero-order chi connectivity index (χ0) is 23.4. The van der Waals surface area contributed by atoms with Gasteiger partial charge in [-0.05, 0) is 47.2 Å². The molecule has 5 heteroatoms. The number of thiophene rings is 1. The fourth-order valence-corrected chi connectivity index (χ4v) is 6.63. The van der Waals surface area contributed by atoms with Gasteiger partial charge in [0.15, 0.2) is 0 Å². The van der Waals surface area contributed by atoms with E-state index in [4.69, 9.17) is 0 Å². The molecule has 0 bridgehead atoms. The second-order valence-electron chi connectivity index (χ2n) is 9.84. The van der Waals surface area contributed by atoms with Gasteiger partial charge in [0.2, 0.25) is 0 Å². The van der Waals surface area contributed by atoms with Crippen LogP contribution in [0.4, 0.5) is 0 Å². The van der Waals surface area contributed by atoms with E-state index < -0.39 is 5.97 Å². The maximum absolute atomic E-state index is 13.4. The van der Waals surface area contributed by atoms with Crippen LogP contribution >= 0.6 is 11.3 Å². The molecule has 1 atom stereocenters. The Kier molecular flexibility index (Phi) is 5.05. The Labute approximate surface area is 197 Å². The summed E-state index contributed by atoms with van der Waals surface area (Å²) in [4.78, 5) is 27.4. The molecule has 1 N–H and O–H groups in total. The monoisotopic (exact) mass is 457 g/mol. The Bertz CT molecular complexity index is 1300. The number of amides is 1. The van der Waals surface area contributed by atoms with Gasteiger partial charge < -0.3 is 10.0 Å². The zero-order valence-electron chi connectivity index (χ0n) is 19.1. The summed E-state index contributed by atoms with van der Waals surface area (Å²) in [6, 6.07) is 17.3. The second kappa shape index (κ2) is 7.70. The predicted octanol–water partition coefficient (Wildman–Crippen LogP) is 6.50. The molecule has 0 spiro atoms. The van der Waals surface area contributed by atoms with Gasteiger partial charge in [0.05, 0.1) is 10.4 Å². The Morgan fingerprint density at radius 2 is 1.73 bits per heavy atom. The number of hydrogen-bond acceptors (Lipinski definition) is 3. The average Bonchev–Trinajstić information content (AvgIpc) is 3.22. The Morgan fingerprint density at radius 1 is 1.00 bits per heavy atom. The Hall–Kier alpha value is -3.18. The first-order chi connectivity index (χ1) is 15.7. The van der Waals surface area contributed by atoms with Crippen LogP contribution in [0.15, 0.2) is 72.3 Å². The summed E-state index contributed by atoms with van der Waals surface area (Å²) < 4.78 is 1.14. The molecule has 3 aromatic rings. The van der Waals surface area contributed by atoms with Gasteiger partial charge in [-0.25, -0.2) is 4.79 Å². The number of hydrogen-bond donors (Lipinski definition) is 1. The van der Waals surface area contributed by atoms with Crippen molar-refractivity contribution in [1.82, 2.24) is 4.90 Å². The smallest absolute Gasteiger partial charge is 0.335 e. The summed E-state index contributed by atoms with van der Waals surface area (Å²) in [6.45, 7) is 8.02. The third kappa shape index (κ3) is 3.61. The van der Waals surface area contributed by atoms with Crippen LogP contribution in [0.25, 0.3) is 15.7 Å². The zero-order valence-corrected chi connectivity index (χ0v) is 19.9. The third-order valence-corrected chi connectivity index (χ3v) is 8.28. The minimum absolute atomic E-state index is 0.101. The van der Waals surface area contributed by atoms with Crippen LogP contribution in [0.2, 0.25) is 0 Å². The highest BCUT2D eigenvalue weighted by atomic mass is 32.1. The van der Waals surface area contributed by atoms with Gasteiger partial charge in [-0.15, -0.1) is 11.3 Å². The molecule has 1 aliphatic heterocycles. The van der Waals surface area contributed by atoms with Crippen molar-refractivity contribution >= 4 is 38.9 Å². The number of carbonyl (C=O) groups excluding carboxylic acids is 1. The first kappa shape index (κ1) is 21.7. The van der Waals surface area contributed by atoms with Gasteiger partial charge in [-0.2, -0.15) is 0 Å². The normalized spacial score (nSPS) is 21.8. The molecule has 4 nitrogen and oxygen atoms in total. The van der Waals surface area contributed by atoms with Crippen molar-refractivity contribution in [1.29, 1.82) is 0 Å². The van der Waals surface area contributed by atoms with E-state index in [0.29, 0.717) is 18.7 Å². The largest absolute Gasteiger partial charge is 0.478 e. The van der Waals surface area contributed by atoms with Gasteiger partial charge in [0, 0.05) is 28.6 Å². The summed E-state index contributed by atoms with van der Waals surface area (Å²) in [5, 5.41) is 10.3. The summed E-state index contributed by atoms with van der Waals surface area (Å²) in [7, 11) is 0. The van der Waals surface area contributed by atoms with Crippen LogP contribution in [0.1, 0.15) is 52.8 Å². The van der Waals surface area contributed by atoms with Crippen LogP contribution in [0.5, 0.6) is 0 Å². The molecule has 1 amide bonds. The molecule has 0 saturated carbocycles. The summed E-state index contributed by atoms with van der Waals surface area (Å²) in [5.74, 6) is -0.811. The highest BCUT2D eigenvalue weighted by Gasteiger charge is 2.46. The fourth-order valence-electron chi connectivity index (χ4n) is 5.60. The van der Waals surface area contributed by atoms with E-state index in [1.165, 1.54) is 11.1 Å². The lowest BCUT2D eigenvalue weighted by Crippen LogP contribution is -2.48. The van der Waals surface area contributed by atoms with Gasteiger partial charge >= 0.3 is 5.97 Å². The molecule has 168 valence electrons. The molecule has 0 unspecified atom stereocenters. The van der Waals surface area contributed by atoms with Crippen molar-refractivity contribution in [3.63, 3.8) is 0 Å². The molecule has 1 aromatic heterocycles. The van der Waals surface area contributed by atoms with E-state index in [1.54, 1.807) is 23.5 Å². The van der Waals surface area contributed by atoms with Gasteiger partial charge in [0.1, 0.15) is 0 Å². The number of benzene rings is 2. The molecule has 2 aliphatic rings. The van der Waals surface area contributed by atoms with E-state index in [1.807, 2.05) is 35.2 Å². The SMILES string of the molecule is CC1(C)C(c2ccc(C(=O)O)cc2)=CC[C@]2(C)CN(C(=O)c3cc4ccccc4s3)CC=C12. The molecular formula is C28H27NO3S. The van der Waals surface area contributed by atoms with Crippen LogP contribution < -0.4 is 0 Å². The highest BCUT2D eigenvalue weighted by molar-refractivity contribution is 7.20. The molecule has 2 aromatic carbocycles. The van der Waals surface area contributed by atoms with Crippen molar-refractivity contribution in [2.75, 3.05) is 13.1 Å². The molecule has 1 aliphatic carbocycles. The van der Waals surface area contributed by atoms with Gasteiger partial charge in [0.25, 0.3) is 5.91 Å². The fraction of sp³-hybridized carbons (Fsp3) is 0.286. The number of carbonyl (C=O) groups is 2. The molecule has 0 saturated heterocycles. The first-order valence-corrected chi connectivity index (χ1v) is 12.0. The van der Waals surface area contributed by atoms with Gasteiger partial charge in [-0.1, -0.05) is 68.8 Å². The summed E-state index contributed by atoms with van der Waals surface area (Å²) in [6.07, 6.45) is 5.36. The summed E-state index contributed by atoms with van der Waals surface area (Å²) >= 11 is 1.56. The van der Waals surface area contributed by atoms with Crippen molar-refractivity contribution in [2.24, 2.45) is 10.8 Å². The molecule has 5 rings (SSSR count). The number of nitrogens with zero attached hydrogens (tertiary/aromatic N) is 1. The highest BCUT2D eigenvalue weighted by Crippen LogP contribution is 2.55. The topological polar surface area (TPSA) is 57.6 Å². The second-order valence-corrected chi connectivity index (χ2v) is 10.9. The quantitative estimate of drug-likeness (QED) is 0.457. The maximum Gasteiger partial charge on any atom is 0.335 e. The maximum atomic E-state index is 13.4. The van der Waals surface area contributed by atoms with Crippen LogP contribution in [-0.2, 0) is 0 Å². The standard InChI is InChI=1S/C28H27NO3S/c1-27(2)21(18-8-10-19(11-9-18)26(31)32)12-14-28(3)17-29(15-13-24(27)28)25(30)23-16-20-6-4-5-7-22(20)33-23/h4-13,16H,14-15,17H2,1-3H3,(H,31,32)/t28-/m1/s1. The van der Waals surface area contributed by atoms with Crippen molar-refractivity contribution in [3.05, 3.63) is 88.3 Å².